The SMILES string of the molecule is CN1/C(=C/C=C/c2[te]c3ccccc3[n+]2C)Oc2ccccc21.[I-]. The summed E-state index contributed by atoms with van der Waals surface area (Å²) in [5.74, 6) is 1.78. The fourth-order valence-corrected chi connectivity index (χ4v) is 5.78. The van der Waals surface area contributed by atoms with Crippen molar-refractivity contribution in [2.45, 2.75) is 0 Å². The van der Waals surface area contributed by atoms with Gasteiger partial charge in [-0.15, -0.1) is 0 Å². The van der Waals surface area contributed by atoms with Crippen molar-refractivity contribution in [1.29, 1.82) is 0 Å². The van der Waals surface area contributed by atoms with Crippen molar-refractivity contribution in [1.82, 2.24) is 0 Å². The molecule has 0 fully saturated rings. The van der Waals surface area contributed by atoms with Gasteiger partial charge in [0, 0.05) is 0 Å². The molecule has 0 atom stereocenters. The summed E-state index contributed by atoms with van der Waals surface area (Å²) < 4.78 is 11.1. The van der Waals surface area contributed by atoms with Crippen molar-refractivity contribution in [3.8, 4) is 5.75 Å². The quantitative estimate of drug-likeness (QED) is 0.259. The van der Waals surface area contributed by atoms with Crippen LogP contribution < -0.4 is 38.2 Å². The van der Waals surface area contributed by atoms with Crippen LogP contribution in [0.15, 0.2) is 66.6 Å². The van der Waals surface area contributed by atoms with E-state index in [9.17, 15) is 0 Å². The number of aromatic nitrogens is 1. The van der Waals surface area contributed by atoms with Gasteiger partial charge in [0.25, 0.3) is 0 Å². The van der Waals surface area contributed by atoms with E-state index in [-0.39, 0.29) is 44.4 Å². The topological polar surface area (TPSA) is 16.4 Å². The second-order valence-corrected chi connectivity index (χ2v) is 8.49. The van der Waals surface area contributed by atoms with E-state index in [0.29, 0.717) is 0 Å². The smallest absolute Gasteiger partial charge is 1.00 e. The summed E-state index contributed by atoms with van der Waals surface area (Å²) in [6.45, 7) is 0. The van der Waals surface area contributed by atoms with Gasteiger partial charge in [0.05, 0.1) is 0 Å². The van der Waals surface area contributed by atoms with Crippen LogP contribution >= 0.6 is 0 Å². The molecule has 2 aromatic carbocycles. The van der Waals surface area contributed by atoms with Gasteiger partial charge in [-0.05, 0) is 0 Å². The van der Waals surface area contributed by atoms with Gasteiger partial charge in [0.1, 0.15) is 0 Å². The maximum Gasteiger partial charge on any atom is -1.00 e. The van der Waals surface area contributed by atoms with Gasteiger partial charge < -0.3 is 24.0 Å². The summed E-state index contributed by atoms with van der Waals surface area (Å²) in [5.41, 5.74) is 2.46. The summed E-state index contributed by atoms with van der Waals surface area (Å²) in [6, 6.07) is 16.8. The van der Waals surface area contributed by atoms with Crippen molar-refractivity contribution >= 4 is 41.1 Å². The number of nitrogens with zero attached hydrogens (tertiary/aromatic N) is 2. The van der Waals surface area contributed by atoms with Crippen molar-refractivity contribution in [3.05, 3.63) is 70.3 Å². The molecule has 0 N–H and O–H groups in total. The van der Waals surface area contributed by atoms with Crippen LogP contribution in [0, 0.1) is 0 Å². The standard InChI is InChI=1S/C19H17N2OTe.HI/c1-20-14-8-3-5-10-16(14)22-18(20)12-7-13-19-21(2)15-9-4-6-11-17(15)23-19;/h3-13H,1-2H3;1H/q+1;/p-1. The number of hydrogen-bond acceptors (Lipinski definition) is 2. The van der Waals surface area contributed by atoms with E-state index in [4.69, 9.17) is 4.74 Å². The molecular weight excluding hydrogens is 527 g/mol. The maximum absolute atomic E-state index is 5.90. The number of anilines is 1. The van der Waals surface area contributed by atoms with Crippen molar-refractivity contribution in [2.24, 2.45) is 7.05 Å². The molecule has 3 aromatic rings. The molecule has 5 heteroatoms. The van der Waals surface area contributed by atoms with Crippen molar-refractivity contribution in [3.63, 3.8) is 0 Å². The minimum atomic E-state index is -0.291. The summed E-state index contributed by atoms with van der Waals surface area (Å²) in [5, 5.41) is 0. The molecule has 0 radical (unpaired) electrons. The Morgan fingerprint density at radius 1 is 1.08 bits per heavy atom. The Kier molecular flexibility index (Phi) is 5.33. The van der Waals surface area contributed by atoms with Crippen LogP contribution in [0.25, 0.3) is 15.0 Å². The second-order valence-electron chi connectivity index (χ2n) is 5.46. The predicted molar refractivity (Wildman–Crippen MR) is 94.7 cm³/mol. The van der Waals surface area contributed by atoms with E-state index >= 15 is 0 Å². The molecule has 0 saturated carbocycles. The zero-order valence-electron chi connectivity index (χ0n) is 13.4. The largest absolute Gasteiger partial charge is 1.00 e. The summed E-state index contributed by atoms with van der Waals surface area (Å²) in [4.78, 5) is 2.08. The Morgan fingerprint density at radius 2 is 1.83 bits per heavy atom. The number of aryl methyl sites for hydroxylation is 1. The van der Waals surface area contributed by atoms with Crippen LogP contribution in [0.2, 0.25) is 0 Å². The predicted octanol–water partition coefficient (Wildman–Crippen LogP) is 0.109. The Hall–Kier alpha value is -1.29. The van der Waals surface area contributed by atoms with Gasteiger partial charge in [-0.2, -0.15) is 0 Å². The second kappa shape index (κ2) is 7.30. The van der Waals surface area contributed by atoms with Crippen LogP contribution in [0.3, 0.4) is 0 Å². The number of hydrogen-bond donors (Lipinski definition) is 0. The Labute approximate surface area is 168 Å². The third kappa shape index (κ3) is 3.13. The van der Waals surface area contributed by atoms with Gasteiger partial charge in [0.2, 0.25) is 0 Å². The molecule has 3 nitrogen and oxygen atoms in total. The molecule has 0 saturated heterocycles. The van der Waals surface area contributed by atoms with E-state index in [1.54, 1.807) is 0 Å². The molecule has 24 heavy (non-hydrogen) atoms. The number of halogens is 1. The fourth-order valence-electron chi connectivity index (χ4n) is 2.75. The Morgan fingerprint density at radius 3 is 2.62 bits per heavy atom. The third-order valence-electron chi connectivity index (χ3n) is 4.02. The zero-order valence-corrected chi connectivity index (χ0v) is 17.9. The molecule has 4 rings (SSSR count). The first kappa shape index (κ1) is 17.5. The Bertz CT molecular complexity index is 945. The van der Waals surface area contributed by atoms with Crippen LogP contribution in [0.4, 0.5) is 5.69 Å². The number of benzene rings is 2. The minimum absolute atomic E-state index is 0. The minimum Gasteiger partial charge on any atom is -1.00 e. The number of rotatable bonds is 2. The van der Waals surface area contributed by atoms with E-state index in [1.807, 2.05) is 31.3 Å². The molecule has 122 valence electrons. The summed E-state index contributed by atoms with van der Waals surface area (Å²) >= 11 is -0.291. The average Bonchev–Trinajstić information content (AvgIpc) is 3.07. The van der Waals surface area contributed by atoms with E-state index in [0.717, 1.165) is 17.3 Å². The number of para-hydroxylation sites is 3. The van der Waals surface area contributed by atoms with Crippen molar-refractivity contribution in [2.75, 3.05) is 11.9 Å². The van der Waals surface area contributed by atoms with E-state index < -0.39 is 0 Å². The maximum atomic E-state index is 5.90. The van der Waals surface area contributed by atoms with Gasteiger partial charge in [-0.25, -0.2) is 0 Å². The van der Waals surface area contributed by atoms with Gasteiger partial charge >= 0.3 is 145 Å². The van der Waals surface area contributed by atoms with E-state index in [1.165, 1.54) is 12.6 Å². The molecule has 1 aliphatic heterocycles. The van der Waals surface area contributed by atoms with Gasteiger partial charge in [0.15, 0.2) is 0 Å². The molecule has 0 aliphatic carbocycles. The molecule has 0 amide bonds. The van der Waals surface area contributed by atoms with Gasteiger partial charge in [-0.3, -0.25) is 0 Å². The number of fused-ring (bicyclic) bond motifs is 2. The summed E-state index contributed by atoms with van der Waals surface area (Å²) in [6.07, 6.45) is 6.35. The molecule has 0 spiro atoms. The first-order valence-electron chi connectivity index (χ1n) is 7.50. The van der Waals surface area contributed by atoms with Crippen LogP contribution in [-0.4, -0.2) is 27.5 Å². The van der Waals surface area contributed by atoms with Crippen LogP contribution in [0.5, 0.6) is 5.75 Å². The third-order valence-corrected chi connectivity index (χ3v) is 7.40. The molecule has 0 bridgehead atoms. The summed E-state index contributed by atoms with van der Waals surface area (Å²) in [7, 11) is 4.18. The molecular formula is C19H17IN2OTe. The number of allylic oxidation sites excluding steroid dienone is 2. The first-order chi connectivity index (χ1) is 11.2. The molecule has 0 unspecified atom stereocenters. The average molecular weight is 544 g/mol. The first-order valence-corrected chi connectivity index (χ1v) is 9.83. The molecule has 2 heterocycles. The van der Waals surface area contributed by atoms with Crippen LogP contribution in [-0.2, 0) is 7.05 Å². The van der Waals surface area contributed by atoms with Gasteiger partial charge in [-0.1, -0.05) is 0 Å². The fraction of sp³-hybridized carbons (Fsp3) is 0.105. The molecule has 1 aliphatic rings. The van der Waals surface area contributed by atoms with Crippen molar-refractivity contribution < 1.29 is 33.3 Å². The molecule has 1 aromatic heterocycles. The van der Waals surface area contributed by atoms with E-state index in [2.05, 4.69) is 59.0 Å². The monoisotopic (exact) mass is 546 g/mol. The van der Waals surface area contributed by atoms with Crippen LogP contribution in [0.1, 0.15) is 3.71 Å². The Balaban J connectivity index is 0.00000169. The normalized spacial score (nSPS) is 14.9. The zero-order chi connectivity index (χ0) is 15.8. The number of ether oxygens (including phenoxy) is 1.